The molecule has 0 aliphatic heterocycles. The van der Waals surface area contributed by atoms with Gasteiger partial charge in [0, 0.05) is 31.8 Å². The number of methoxy groups -OCH3 is 1. The minimum absolute atomic E-state index is 0.247. The first-order valence-electron chi connectivity index (χ1n) is 7.54. The summed E-state index contributed by atoms with van der Waals surface area (Å²) in [6, 6.07) is 14.5. The zero-order chi connectivity index (χ0) is 17.4. The Morgan fingerprint density at radius 2 is 1.75 bits per heavy atom. The number of halogens is 1. The number of hydrogen-bond donors (Lipinski definition) is 2. The average molecular weight is 369 g/mol. The number of sulfonamides is 1. The Labute approximate surface area is 148 Å². The maximum absolute atomic E-state index is 12.1. The molecule has 2 N–H and O–H groups in total. The first-order valence-corrected chi connectivity index (χ1v) is 9.40. The van der Waals surface area contributed by atoms with Gasteiger partial charge < -0.3 is 10.1 Å². The van der Waals surface area contributed by atoms with E-state index >= 15 is 0 Å². The predicted octanol–water partition coefficient (Wildman–Crippen LogP) is 2.55. The summed E-state index contributed by atoms with van der Waals surface area (Å²) in [5.41, 5.74) is 2.11. The molecule has 0 aliphatic carbocycles. The Morgan fingerprint density at radius 3 is 2.42 bits per heavy atom. The van der Waals surface area contributed by atoms with Gasteiger partial charge in [-0.25, -0.2) is 13.1 Å². The van der Waals surface area contributed by atoms with Gasteiger partial charge in [0.25, 0.3) is 0 Å². The van der Waals surface area contributed by atoms with Crippen LogP contribution in [-0.2, 0) is 27.8 Å². The van der Waals surface area contributed by atoms with E-state index in [0.29, 0.717) is 24.7 Å². The van der Waals surface area contributed by atoms with Crippen LogP contribution in [0, 0.1) is 0 Å². The second kappa shape index (κ2) is 9.15. The van der Waals surface area contributed by atoms with E-state index in [4.69, 9.17) is 16.3 Å². The van der Waals surface area contributed by atoms with Crippen LogP contribution in [0.2, 0.25) is 5.02 Å². The summed E-state index contributed by atoms with van der Waals surface area (Å²) in [6.45, 7) is 1.93. The van der Waals surface area contributed by atoms with Crippen LogP contribution in [0.1, 0.15) is 11.1 Å². The molecule has 0 saturated heterocycles. The minimum Gasteiger partial charge on any atom is -0.383 e. The summed E-state index contributed by atoms with van der Waals surface area (Å²) in [5.74, 6) is 0. The van der Waals surface area contributed by atoms with Crippen molar-refractivity contribution in [1.29, 1.82) is 0 Å². The molecule has 0 saturated carbocycles. The molecule has 5 nitrogen and oxygen atoms in total. The molecule has 2 rings (SSSR count). The molecule has 0 amide bonds. The summed E-state index contributed by atoms with van der Waals surface area (Å²) in [5, 5.41) is 4.02. The van der Waals surface area contributed by atoms with E-state index in [1.165, 1.54) is 7.11 Å². The first-order chi connectivity index (χ1) is 11.5. The van der Waals surface area contributed by atoms with Crippen molar-refractivity contribution >= 4 is 21.6 Å². The largest absolute Gasteiger partial charge is 0.383 e. The summed E-state index contributed by atoms with van der Waals surface area (Å²) < 4.78 is 31.4. The monoisotopic (exact) mass is 368 g/mol. The fraction of sp³-hybridized carbons (Fsp3) is 0.294. The molecule has 2 aromatic carbocycles. The van der Waals surface area contributed by atoms with Crippen molar-refractivity contribution in [3.05, 3.63) is 64.7 Å². The van der Waals surface area contributed by atoms with Gasteiger partial charge >= 0.3 is 0 Å². The average Bonchev–Trinajstić information content (AvgIpc) is 2.56. The van der Waals surface area contributed by atoms with Gasteiger partial charge in [0.05, 0.1) is 11.5 Å². The van der Waals surface area contributed by atoms with Crippen LogP contribution in [0.25, 0.3) is 0 Å². The van der Waals surface area contributed by atoms with E-state index < -0.39 is 10.0 Å². The highest BCUT2D eigenvalue weighted by molar-refractivity contribution is 7.89. The lowest BCUT2D eigenvalue weighted by molar-refractivity contribution is 0.204. The topological polar surface area (TPSA) is 67.4 Å². The molecule has 0 heterocycles. The smallest absolute Gasteiger partial charge is 0.240 e. The zero-order valence-corrected chi connectivity index (χ0v) is 15.0. The summed E-state index contributed by atoms with van der Waals surface area (Å²) in [6.07, 6.45) is 0. The first kappa shape index (κ1) is 18.9. The van der Waals surface area contributed by atoms with Crippen LogP contribution in [0.4, 0.5) is 0 Å². The number of benzene rings is 2. The van der Waals surface area contributed by atoms with Crippen molar-refractivity contribution in [2.24, 2.45) is 0 Å². The zero-order valence-electron chi connectivity index (χ0n) is 13.5. The SMILES string of the molecule is COCCNS(=O)(=O)c1ccc(CNCc2cccc(Cl)c2)cc1. The maximum atomic E-state index is 12.1. The summed E-state index contributed by atoms with van der Waals surface area (Å²) >= 11 is 5.95. The molecule has 24 heavy (non-hydrogen) atoms. The third-order valence-electron chi connectivity index (χ3n) is 3.38. The number of rotatable bonds is 9. The quantitative estimate of drug-likeness (QED) is 0.667. The molecule has 0 radical (unpaired) electrons. The van der Waals surface area contributed by atoms with Crippen LogP contribution in [-0.4, -0.2) is 28.7 Å². The fourth-order valence-corrected chi connectivity index (χ4v) is 3.37. The van der Waals surface area contributed by atoms with Crippen molar-refractivity contribution in [3.8, 4) is 0 Å². The van der Waals surface area contributed by atoms with Gasteiger partial charge in [-0.05, 0) is 35.4 Å². The third kappa shape index (κ3) is 5.89. The molecule has 2 aromatic rings. The Hall–Kier alpha value is -1.44. The van der Waals surface area contributed by atoms with E-state index in [0.717, 1.165) is 11.1 Å². The van der Waals surface area contributed by atoms with Crippen molar-refractivity contribution in [1.82, 2.24) is 10.0 Å². The maximum Gasteiger partial charge on any atom is 0.240 e. The normalized spacial score (nSPS) is 11.6. The van der Waals surface area contributed by atoms with Crippen molar-refractivity contribution in [2.75, 3.05) is 20.3 Å². The molecule has 0 aromatic heterocycles. The molecular weight excluding hydrogens is 348 g/mol. The summed E-state index contributed by atoms with van der Waals surface area (Å²) in [7, 11) is -1.96. The van der Waals surface area contributed by atoms with E-state index in [1.807, 2.05) is 24.3 Å². The van der Waals surface area contributed by atoms with Gasteiger partial charge in [-0.3, -0.25) is 0 Å². The molecule has 7 heteroatoms. The third-order valence-corrected chi connectivity index (χ3v) is 5.09. The highest BCUT2D eigenvalue weighted by atomic mass is 35.5. The molecule has 0 unspecified atom stereocenters. The Morgan fingerprint density at radius 1 is 1.04 bits per heavy atom. The van der Waals surface area contributed by atoms with Crippen LogP contribution in [0.3, 0.4) is 0 Å². The lowest BCUT2D eigenvalue weighted by Crippen LogP contribution is -2.27. The van der Waals surface area contributed by atoms with E-state index in [9.17, 15) is 8.42 Å². The Balaban J connectivity index is 1.87. The predicted molar refractivity (Wildman–Crippen MR) is 95.5 cm³/mol. The highest BCUT2D eigenvalue weighted by Crippen LogP contribution is 2.12. The van der Waals surface area contributed by atoms with Gasteiger partial charge in [-0.1, -0.05) is 35.9 Å². The molecule has 0 bridgehead atoms. The number of hydrogen-bond acceptors (Lipinski definition) is 4. The highest BCUT2D eigenvalue weighted by Gasteiger charge is 2.12. The van der Waals surface area contributed by atoms with Gasteiger partial charge in [-0.2, -0.15) is 0 Å². The van der Waals surface area contributed by atoms with Gasteiger partial charge in [-0.15, -0.1) is 0 Å². The molecule has 0 spiro atoms. The van der Waals surface area contributed by atoms with E-state index in [-0.39, 0.29) is 11.4 Å². The molecule has 0 fully saturated rings. The van der Waals surface area contributed by atoms with Crippen LogP contribution in [0.5, 0.6) is 0 Å². The van der Waals surface area contributed by atoms with Crippen molar-refractivity contribution in [3.63, 3.8) is 0 Å². The Bertz CT molecular complexity index is 749. The molecule has 0 atom stereocenters. The standard InChI is InChI=1S/C17H21ClN2O3S/c1-23-10-9-20-24(21,22)17-7-5-14(6-8-17)12-19-13-15-3-2-4-16(18)11-15/h2-8,11,19-20H,9-10,12-13H2,1H3. The van der Waals surface area contributed by atoms with Crippen LogP contribution >= 0.6 is 11.6 Å². The van der Waals surface area contributed by atoms with Crippen LogP contribution in [0.15, 0.2) is 53.4 Å². The second-order valence-corrected chi connectivity index (χ2v) is 7.47. The molecular formula is C17H21ClN2O3S. The molecule has 130 valence electrons. The lowest BCUT2D eigenvalue weighted by atomic mass is 10.2. The lowest BCUT2D eigenvalue weighted by Gasteiger charge is -2.08. The van der Waals surface area contributed by atoms with Crippen LogP contribution < -0.4 is 10.0 Å². The second-order valence-electron chi connectivity index (χ2n) is 5.27. The van der Waals surface area contributed by atoms with Crippen molar-refractivity contribution < 1.29 is 13.2 Å². The van der Waals surface area contributed by atoms with Gasteiger partial charge in [0.1, 0.15) is 0 Å². The van der Waals surface area contributed by atoms with E-state index in [2.05, 4.69) is 10.0 Å². The molecule has 0 aliphatic rings. The number of ether oxygens (including phenoxy) is 1. The van der Waals surface area contributed by atoms with E-state index in [1.54, 1.807) is 24.3 Å². The Kier molecular flexibility index (Phi) is 7.20. The summed E-state index contributed by atoms with van der Waals surface area (Å²) in [4.78, 5) is 0.247. The fourth-order valence-electron chi connectivity index (χ4n) is 2.15. The number of nitrogens with one attached hydrogen (secondary N) is 2. The van der Waals surface area contributed by atoms with Gasteiger partial charge in [0.15, 0.2) is 0 Å². The van der Waals surface area contributed by atoms with Crippen molar-refractivity contribution in [2.45, 2.75) is 18.0 Å². The minimum atomic E-state index is -3.48. The van der Waals surface area contributed by atoms with Gasteiger partial charge in [0.2, 0.25) is 10.0 Å².